The largest absolute Gasteiger partial charge is 0.367 e. The number of anilines is 1. The molecule has 0 N–H and O–H groups in total. The fraction of sp³-hybridized carbons (Fsp3) is 0.429. The molecule has 7 heteroatoms. The highest BCUT2D eigenvalue weighted by Gasteiger charge is 2.27. The fourth-order valence-corrected chi connectivity index (χ4v) is 3.01. The van der Waals surface area contributed by atoms with Crippen molar-refractivity contribution in [2.75, 3.05) is 24.6 Å². The SMILES string of the molecule is Cc1nnc(N2CCO[C@@H](c3nccs3)C2)c(C#N)c1C. The third-order valence-electron chi connectivity index (χ3n) is 3.64. The lowest BCUT2D eigenvalue weighted by atomic mass is 10.1. The number of ether oxygens (including phenoxy) is 1. The van der Waals surface area contributed by atoms with Crippen molar-refractivity contribution in [1.29, 1.82) is 5.26 Å². The van der Waals surface area contributed by atoms with E-state index in [0.717, 1.165) is 16.3 Å². The van der Waals surface area contributed by atoms with Crippen molar-refractivity contribution < 1.29 is 4.74 Å². The molecule has 3 rings (SSSR count). The minimum atomic E-state index is -0.0753. The molecule has 0 aromatic carbocycles. The predicted molar refractivity (Wildman–Crippen MR) is 79.2 cm³/mol. The third-order valence-corrected chi connectivity index (χ3v) is 4.51. The lowest BCUT2D eigenvalue weighted by Gasteiger charge is -2.33. The topological polar surface area (TPSA) is 74.9 Å². The number of morpholine rings is 1. The maximum atomic E-state index is 9.42. The summed E-state index contributed by atoms with van der Waals surface area (Å²) in [6, 6.07) is 2.25. The molecule has 1 atom stereocenters. The van der Waals surface area contributed by atoms with E-state index in [1.165, 1.54) is 0 Å². The van der Waals surface area contributed by atoms with Crippen LogP contribution in [0.3, 0.4) is 0 Å². The van der Waals surface area contributed by atoms with Gasteiger partial charge in [-0.1, -0.05) is 0 Å². The standard InChI is InChI=1S/C14H15N5OS/c1-9-10(2)17-18-13(11(9)7-15)19-4-5-20-12(8-19)14-16-3-6-21-14/h3,6,12H,4-5,8H2,1-2H3/t12-/m1/s1. The molecule has 2 aromatic heterocycles. The number of thiazole rings is 1. The van der Waals surface area contributed by atoms with Crippen LogP contribution < -0.4 is 4.90 Å². The van der Waals surface area contributed by atoms with Crippen molar-refractivity contribution in [2.24, 2.45) is 0 Å². The van der Waals surface area contributed by atoms with Gasteiger partial charge in [0.1, 0.15) is 22.7 Å². The van der Waals surface area contributed by atoms with Gasteiger partial charge in [-0.3, -0.25) is 0 Å². The van der Waals surface area contributed by atoms with Crippen LogP contribution in [0.5, 0.6) is 0 Å². The summed E-state index contributed by atoms with van der Waals surface area (Å²) in [5, 5.41) is 20.7. The molecule has 0 unspecified atom stereocenters. The number of nitriles is 1. The first kappa shape index (κ1) is 13.9. The van der Waals surface area contributed by atoms with Crippen LogP contribution in [0.25, 0.3) is 0 Å². The molecule has 3 heterocycles. The van der Waals surface area contributed by atoms with Crippen LogP contribution in [-0.4, -0.2) is 34.9 Å². The molecular weight excluding hydrogens is 286 g/mol. The normalized spacial score (nSPS) is 18.5. The molecule has 1 fully saturated rings. The monoisotopic (exact) mass is 301 g/mol. The summed E-state index contributed by atoms with van der Waals surface area (Å²) in [7, 11) is 0. The first-order valence-electron chi connectivity index (χ1n) is 6.70. The van der Waals surface area contributed by atoms with Gasteiger partial charge in [0.2, 0.25) is 0 Å². The molecule has 21 heavy (non-hydrogen) atoms. The van der Waals surface area contributed by atoms with E-state index in [1.54, 1.807) is 17.5 Å². The van der Waals surface area contributed by atoms with Crippen LogP contribution in [-0.2, 0) is 4.74 Å². The molecule has 6 nitrogen and oxygen atoms in total. The Balaban J connectivity index is 1.91. The summed E-state index contributed by atoms with van der Waals surface area (Å²) in [6.07, 6.45) is 1.70. The Morgan fingerprint density at radius 2 is 2.29 bits per heavy atom. The maximum absolute atomic E-state index is 9.42. The third kappa shape index (κ3) is 2.60. The lowest BCUT2D eigenvalue weighted by Crippen LogP contribution is -2.39. The molecule has 1 aliphatic rings. The van der Waals surface area contributed by atoms with Crippen molar-refractivity contribution in [3.05, 3.63) is 33.4 Å². The zero-order chi connectivity index (χ0) is 14.8. The number of nitrogens with zero attached hydrogens (tertiary/aromatic N) is 5. The van der Waals surface area contributed by atoms with Gasteiger partial charge >= 0.3 is 0 Å². The van der Waals surface area contributed by atoms with E-state index >= 15 is 0 Å². The second-order valence-corrected chi connectivity index (χ2v) is 5.82. The van der Waals surface area contributed by atoms with Crippen molar-refractivity contribution >= 4 is 17.2 Å². The summed E-state index contributed by atoms with van der Waals surface area (Å²) < 4.78 is 5.78. The molecule has 1 aliphatic heterocycles. The van der Waals surface area contributed by atoms with E-state index < -0.39 is 0 Å². The van der Waals surface area contributed by atoms with Gasteiger partial charge < -0.3 is 9.64 Å². The Morgan fingerprint density at radius 1 is 1.43 bits per heavy atom. The van der Waals surface area contributed by atoms with Crippen molar-refractivity contribution in [2.45, 2.75) is 20.0 Å². The molecule has 0 spiro atoms. The molecule has 1 saturated heterocycles. The summed E-state index contributed by atoms with van der Waals surface area (Å²) in [4.78, 5) is 6.37. The van der Waals surface area contributed by atoms with Gasteiger partial charge in [-0.15, -0.1) is 16.4 Å². The van der Waals surface area contributed by atoms with E-state index in [-0.39, 0.29) is 6.10 Å². The Kier molecular flexibility index (Phi) is 3.82. The van der Waals surface area contributed by atoms with E-state index in [4.69, 9.17) is 4.74 Å². The van der Waals surface area contributed by atoms with Gasteiger partial charge in [0.25, 0.3) is 0 Å². The van der Waals surface area contributed by atoms with Crippen LogP contribution >= 0.6 is 11.3 Å². The molecule has 0 amide bonds. The van der Waals surface area contributed by atoms with Crippen LogP contribution in [0.1, 0.15) is 27.9 Å². The average Bonchev–Trinajstić information content (AvgIpc) is 3.04. The molecule has 2 aromatic rings. The van der Waals surface area contributed by atoms with Crippen LogP contribution in [0.15, 0.2) is 11.6 Å². The number of hydrogen-bond donors (Lipinski definition) is 0. The zero-order valence-corrected chi connectivity index (χ0v) is 12.7. The van der Waals surface area contributed by atoms with E-state index in [0.29, 0.717) is 31.1 Å². The molecule has 0 bridgehead atoms. The summed E-state index contributed by atoms with van der Waals surface area (Å²) in [6.45, 7) is 5.70. The van der Waals surface area contributed by atoms with E-state index in [9.17, 15) is 5.26 Å². The Hall–Kier alpha value is -2.04. The van der Waals surface area contributed by atoms with Gasteiger partial charge in [-0.05, 0) is 19.4 Å². The number of aromatic nitrogens is 3. The molecule has 0 aliphatic carbocycles. The van der Waals surface area contributed by atoms with Gasteiger partial charge in [0.05, 0.1) is 18.8 Å². The molecule has 108 valence electrons. The number of aryl methyl sites for hydroxylation is 1. The van der Waals surface area contributed by atoms with E-state index in [2.05, 4.69) is 26.2 Å². The first-order valence-corrected chi connectivity index (χ1v) is 7.58. The van der Waals surface area contributed by atoms with Crippen LogP contribution in [0.2, 0.25) is 0 Å². The fourth-order valence-electron chi connectivity index (χ4n) is 2.34. The van der Waals surface area contributed by atoms with E-state index in [1.807, 2.05) is 19.2 Å². The second-order valence-electron chi connectivity index (χ2n) is 4.90. The van der Waals surface area contributed by atoms with Crippen LogP contribution in [0, 0.1) is 25.2 Å². The minimum absolute atomic E-state index is 0.0753. The van der Waals surface area contributed by atoms with Crippen molar-refractivity contribution in [3.8, 4) is 6.07 Å². The Bertz CT molecular complexity index is 679. The van der Waals surface area contributed by atoms with Crippen molar-refractivity contribution in [3.63, 3.8) is 0 Å². The zero-order valence-electron chi connectivity index (χ0n) is 11.9. The molecule has 0 saturated carbocycles. The Morgan fingerprint density at radius 3 is 3.00 bits per heavy atom. The van der Waals surface area contributed by atoms with Gasteiger partial charge in [0.15, 0.2) is 5.82 Å². The predicted octanol–water partition coefficient (Wildman–Crippen LogP) is 2.00. The smallest absolute Gasteiger partial charge is 0.169 e. The summed E-state index contributed by atoms with van der Waals surface area (Å²) >= 11 is 1.58. The molecular formula is C14H15N5OS. The maximum Gasteiger partial charge on any atom is 0.169 e. The number of hydrogen-bond acceptors (Lipinski definition) is 7. The highest BCUT2D eigenvalue weighted by Crippen LogP contribution is 2.28. The lowest BCUT2D eigenvalue weighted by molar-refractivity contribution is 0.0393. The summed E-state index contributed by atoms with van der Waals surface area (Å²) in [5.41, 5.74) is 2.28. The number of rotatable bonds is 2. The average molecular weight is 301 g/mol. The second kappa shape index (κ2) is 5.76. The quantitative estimate of drug-likeness (QED) is 0.844. The van der Waals surface area contributed by atoms with Crippen molar-refractivity contribution in [1.82, 2.24) is 15.2 Å². The summed E-state index contributed by atoms with van der Waals surface area (Å²) in [5.74, 6) is 0.644. The van der Waals surface area contributed by atoms with Crippen LogP contribution in [0.4, 0.5) is 5.82 Å². The van der Waals surface area contributed by atoms with Gasteiger partial charge in [-0.2, -0.15) is 10.4 Å². The highest BCUT2D eigenvalue weighted by atomic mass is 32.1. The highest BCUT2D eigenvalue weighted by molar-refractivity contribution is 7.09. The molecule has 0 radical (unpaired) electrons. The first-order chi connectivity index (χ1) is 10.2. The minimum Gasteiger partial charge on any atom is -0.367 e. The van der Waals surface area contributed by atoms with Gasteiger partial charge in [0, 0.05) is 18.1 Å². The van der Waals surface area contributed by atoms with Gasteiger partial charge in [-0.25, -0.2) is 4.98 Å². The Labute approximate surface area is 127 Å².